The number of nitrogens with one attached hydrogen (secondary N) is 1. The number of carbonyl (C=O) groups is 1. The van der Waals surface area contributed by atoms with Crippen LogP contribution < -0.4 is 5.69 Å². The molecule has 2 fully saturated rings. The summed E-state index contributed by atoms with van der Waals surface area (Å²) >= 11 is 6.06. The van der Waals surface area contributed by atoms with Gasteiger partial charge in [-0.3, -0.25) is 9.36 Å². The highest BCUT2D eigenvalue weighted by Crippen LogP contribution is 2.29. The van der Waals surface area contributed by atoms with Gasteiger partial charge in [-0.05, 0) is 67.9 Å². The van der Waals surface area contributed by atoms with E-state index in [0.717, 1.165) is 69.4 Å². The first-order valence-electron chi connectivity index (χ1n) is 12.5. The average molecular weight is 481 g/mol. The van der Waals surface area contributed by atoms with E-state index in [4.69, 9.17) is 11.6 Å². The monoisotopic (exact) mass is 480 g/mol. The fourth-order valence-corrected chi connectivity index (χ4v) is 6.02. The number of likely N-dealkylation sites (tertiary alicyclic amines) is 2. The molecule has 2 saturated heterocycles. The molecule has 0 saturated carbocycles. The van der Waals surface area contributed by atoms with Crippen LogP contribution in [0.1, 0.15) is 49.0 Å². The number of aromatic nitrogens is 2. The van der Waals surface area contributed by atoms with E-state index in [9.17, 15) is 9.59 Å². The van der Waals surface area contributed by atoms with Crippen molar-refractivity contribution >= 4 is 28.5 Å². The van der Waals surface area contributed by atoms with Crippen LogP contribution in [0, 0.1) is 11.8 Å². The first-order valence-corrected chi connectivity index (χ1v) is 12.8. The Bertz CT molecular complexity index is 1200. The first kappa shape index (κ1) is 23.2. The lowest BCUT2D eigenvalue weighted by Gasteiger charge is -2.39. The molecule has 3 aromatic rings. The van der Waals surface area contributed by atoms with Crippen LogP contribution >= 0.6 is 11.6 Å². The topological polar surface area (TPSA) is 61.3 Å². The second-order valence-corrected chi connectivity index (χ2v) is 10.4. The normalized spacial score (nSPS) is 19.5. The Labute approximate surface area is 205 Å². The molecule has 5 rings (SSSR count). The largest absolute Gasteiger partial charge is 0.339 e. The molecule has 1 aromatic heterocycles. The summed E-state index contributed by atoms with van der Waals surface area (Å²) < 4.78 is 1.96. The summed E-state index contributed by atoms with van der Waals surface area (Å²) in [5, 5.41) is 0.604. The number of aromatic amines is 1. The summed E-state index contributed by atoms with van der Waals surface area (Å²) in [6, 6.07) is 15.5. The van der Waals surface area contributed by atoms with Crippen LogP contribution in [0.15, 0.2) is 53.3 Å². The third-order valence-corrected chi connectivity index (χ3v) is 8.03. The van der Waals surface area contributed by atoms with Crippen molar-refractivity contribution in [3.8, 4) is 0 Å². The van der Waals surface area contributed by atoms with Crippen LogP contribution in [0.2, 0.25) is 5.02 Å². The highest BCUT2D eigenvalue weighted by Gasteiger charge is 2.30. The summed E-state index contributed by atoms with van der Waals surface area (Å²) in [4.78, 5) is 32.9. The maximum absolute atomic E-state index is 12.8. The van der Waals surface area contributed by atoms with Gasteiger partial charge in [-0.25, -0.2) is 4.79 Å². The molecule has 0 radical (unpaired) electrons. The lowest BCUT2D eigenvalue weighted by atomic mass is 9.84. The molecule has 0 aliphatic carbocycles. The SMILES string of the molecule is CC(CN1CCC(n2c(=O)[nH]c3ccccc32)CC1)C1CCN(C(=O)c2cccc(Cl)c2)CC1. The number of halogens is 1. The molecule has 1 amide bonds. The van der Waals surface area contributed by atoms with Gasteiger partial charge in [0, 0.05) is 49.4 Å². The van der Waals surface area contributed by atoms with E-state index in [1.54, 1.807) is 12.1 Å². The second-order valence-electron chi connectivity index (χ2n) is 9.97. The zero-order chi connectivity index (χ0) is 23.7. The van der Waals surface area contributed by atoms with Crippen molar-refractivity contribution < 1.29 is 4.79 Å². The molecule has 3 heterocycles. The summed E-state index contributed by atoms with van der Waals surface area (Å²) in [6.45, 7) is 7.11. The average Bonchev–Trinajstić information content (AvgIpc) is 3.20. The Balaban J connectivity index is 1.11. The number of carbonyl (C=O) groups excluding carboxylic acids is 1. The predicted octanol–water partition coefficient (Wildman–Crippen LogP) is 4.81. The van der Waals surface area contributed by atoms with Gasteiger partial charge in [0.2, 0.25) is 0 Å². The third-order valence-electron chi connectivity index (χ3n) is 7.80. The summed E-state index contributed by atoms with van der Waals surface area (Å²) in [6.07, 6.45) is 4.10. The molecule has 0 bridgehead atoms. The van der Waals surface area contributed by atoms with E-state index in [-0.39, 0.29) is 17.6 Å². The molecule has 7 heteroatoms. The van der Waals surface area contributed by atoms with Gasteiger partial charge in [-0.1, -0.05) is 36.7 Å². The van der Waals surface area contributed by atoms with E-state index in [0.29, 0.717) is 22.4 Å². The molecule has 2 aliphatic rings. The number of H-pyrrole nitrogens is 1. The van der Waals surface area contributed by atoms with Crippen LogP contribution in [-0.2, 0) is 0 Å². The molecular weight excluding hydrogens is 448 g/mol. The van der Waals surface area contributed by atoms with Crippen molar-refractivity contribution in [3.63, 3.8) is 0 Å². The number of imidazole rings is 1. The smallest absolute Gasteiger partial charge is 0.326 e. The summed E-state index contributed by atoms with van der Waals surface area (Å²) in [5.74, 6) is 1.32. The van der Waals surface area contributed by atoms with Crippen molar-refractivity contribution in [3.05, 3.63) is 69.6 Å². The molecule has 1 unspecified atom stereocenters. The number of fused-ring (bicyclic) bond motifs is 1. The van der Waals surface area contributed by atoms with Gasteiger partial charge in [-0.15, -0.1) is 0 Å². The molecule has 2 aromatic carbocycles. The minimum atomic E-state index is 0.00657. The van der Waals surface area contributed by atoms with Gasteiger partial charge < -0.3 is 14.8 Å². The number of benzene rings is 2. The van der Waals surface area contributed by atoms with Crippen molar-refractivity contribution in [1.29, 1.82) is 0 Å². The van der Waals surface area contributed by atoms with Crippen molar-refractivity contribution in [1.82, 2.24) is 19.4 Å². The standard InChI is InChI=1S/C27H33ClN4O2/c1-19(20-9-15-31(16-10-20)26(33)21-5-4-6-22(28)17-21)18-30-13-11-23(12-14-30)32-25-8-3-2-7-24(25)29-27(32)34/h2-8,17,19-20,23H,9-16,18H2,1H3,(H,29,34). The van der Waals surface area contributed by atoms with Gasteiger partial charge in [0.25, 0.3) is 5.91 Å². The second kappa shape index (κ2) is 9.96. The minimum absolute atomic E-state index is 0.00657. The Kier molecular flexibility index (Phi) is 6.79. The number of hydrogen-bond acceptors (Lipinski definition) is 3. The zero-order valence-corrected chi connectivity index (χ0v) is 20.5. The molecular formula is C27H33ClN4O2. The first-order chi connectivity index (χ1) is 16.5. The Morgan fingerprint density at radius 1 is 1.03 bits per heavy atom. The number of rotatable bonds is 5. The predicted molar refractivity (Wildman–Crippen MR) is 137 cm³/mol. The van der Waals surface area contributed by atoms with Gasteiger partial charge in [0.15, 0.2) is 0 Å². The number of nitrogens with zero attached hydrogens (tertiary/aromatic N) is 3. The molecule has 1 N–H and O–H groups in total. The van der Waals surface area contributed by atoms with Crippen LogP contribution in [0.4, 0.5) is 0 Å². The lowest BCUT2D eigenvalue weighted by molar-refractivity contribution is 0.0632. The van der Waals surface area contributed by atoms with Gasteiger partial charge in [0.05, 0.1) is 11.0 Å². The Morgan fingerprint density at radius 3 is 2.50 bits per heavy atom. The van der Waals surface area contributed by atoms with Crippen molar-refractivity contribution in [2.75, 3.05) is 32.7 Å². The highest BCUT2D eigenvalue weighted by molar-refractivity contribution is 6.30. The third kappa shape index (κ3) is 4.80. The lowest BCUT2D eigenvalue weighted by Crippen LogP contribution is -2.43. The van der Waals surface area contributed by atoms with E-state index in [1.807, 2.05) is 45.9 Å². The van der Waals surface area contributed by atoms with Crippen LogP contribution in [-0.4, -0.2) is 58.0 Å². The Morgan fingerprint density at radius 2 is 1.76 bits per heavy atom. The highest BCUT2D eigenvalue weighted by atomic mass is 35.5. The molecule has 1 atom stereocenters. The Hall–Kier alpha value is -2.57. The molecule has 0 spiro atoms. The fraction of sp³-hybridized carbons (Fsp3) is 0.481. The van der Waals surface area contributed by atoms with Gasteiger partial charge >= 0.3 is 5.69 Å². The van der Waals surface area contributed by atoms with Gasteiger partial charge in [-0.2, -0.15) is 0 Å². The maximum Gasteiger partial charge on any atom is 0.326 e. The van der Waals surface area contributed by atoms with E-state index < -0.39 is 0 Å². The number of piperidine rings is 2. The quantitative estimate of drug-likeness (QED) is 0.570. The summed E-state index contributed by atoms with van der Waals surface area (Å²) in [5.41, 5.74) is 2.62. The van der Waals surface area contributed by atoms with Crippen LogP contribution in [0.25, 0.3) is 11.0 Å². The molecule has 34 heavy (non-hydrogen) atoms. The fourth-order valence-electron chi connectivity index (χ4n) is 5.83. The number of hydrogen-bond donors (Lipinski definition) is 1. The number of para-hydroxylation sites is 2. The number of amides is 1. The van der Waals surface area contributed by atoms with E-state index in [1.165, 1.54) is 0 Å². The summed E-state index contributed by atoms with van der Waals surface area (Å²) in [7, 11) is 0. The zero-order valence-electron chi connectivity index (χ0n) is 19.8. The van der Waals surface area contributed by atoms with E-state index >= 15 is 0 Å². The van der Waals surface area contributed by atoms with Crippen molar-refractivity contribution in [2.24, 2.45) is 11.8 Å². The molecule has 6 nitrogen and oxygen atoms in total. The van der Waals surface area contributed by atoms with Crippen molar-refractivity contribution in [2.45, 2.75) is 38.6 Å². The maximum atomic E-state index is 12.8. The van der Waals surface area contributed by atoms with Crippen LogP contribution in [0.3, 0.4) is 0 Å². The molecule has 180 valence electrons. The van der Waals surface area contributed by atoms with Crippen LogP contribution in [0.5, 0.6) is 0 Å². The van der Waals surface area contributed by atoms with E-state index in [2.05, 4.69) is 16.8 Å². The van der Waals surface area contributed by atoms with Gasteiger partial charge in [0.1, 0.15) is 0 Å². The molecule has 2 aliphatic heterocycles. The minimum Gasteiger partial charge on any atom is -0.339 e.